The number of halogens is 1. The van der Waals surface area contributed by atoms with Crippen LogP contribution in [0.5, 0.6) is 0 Å². The lowest BCUT2D eigenvalue weighted by Crippen LogP contribution is -2.23. The maximum atomic E-state index is 11.2. The molecule has 0 aliphatic heterocycles. The van der Waals surface area contributed by atoms with Crippen molar-refractivity contribution < 1.29 is 4.79 Å². The van der Waals surface area contributed by atoms with Crippen molar-refractivity contribution in [3.05, 3.63) is 23.2 Å². The summed E-state index contributed by atoms with van der Waals surface area (Å²) in [5.41, 5.74) is 0. The van der Waals surface area contributed by atoms with E-state index in [1.807, 2.05) is 12.1 Å². The molecule has 1 amide bonds. The van der Waals surface area contributed by atoms with Gasteiger partial charge in [0.1, 0.15) is 0 Å². The number of nitrogens with zero attached hydrogens (tertiary/aromatic N) is 2. The summed E-state index contributed by atoms with van der Waals surface area (Å²) in [7, 11) is 1.69. The summed E-state index contributed by atoms with van der Waals surface area (Å²) in [6, 6.07) is 5.62. The number of benzene rings is 1. The number of hydrogen-bond acceptors (Lipinski definition) is 3. The quantitative estimate of drug-likeness (QED) is 0.768. The Kier molecular flexibility index (Phi) is 2.63. The van der Waals surface area contributed by atoms with Crippen LogP contribution in [0.4, 0.5) is 5.82 Å². The third kappa shape index (κ3) is 1.70. The van der Waals surface area contributed by atoms with E-state index in [1.54, 1.807) is 13.1 Å². The Morgan fingerprint density at radius 3 is 2.93 bits per heavy atom. The van der Waals surface area contributed by atoms with Crippen LogP contribution in [0, 0.1) is 0 Å². The van der Waals surface area contributed by atoms with Crippen LogP contribution in [0.15, 0.2) is 18.2 Å². The minimum Gasteiger partial charge on any atom is -0.299 e. The number of anilines is 1. The van der Waals surface area contributed by atoms with E-state index in [9.17, 15) is 4.79 Å². The predicted octanol–water partition coefficient (Wildman–Crippen LogP) is 2.93. The first-order valence-corrected chi connectivity index (χ1v) is 5.54. The number of amides is 1. The van der Waals surface area contributed by atoms with E-state index < -0.39 is 0 Å². The van der Waals surface area contributed by atoms with E-state index in [2.05, 4.69) is 4.37 Å². The molecule has 3 nitrogen and oxygen atoms in total. The van der Waals surface area contributed by atoms with Crippen molar-refractivity contribution in [3.8, 4) is 0 Å². The fourth-order valence-corrected chi connectivity index (χ4v) is 2.46. The summed E-state index contributed by atoms with van der Waals surface area (Å²) in [5.74, 6) is 0.579. The van der Waals surface area contributed by atoms with Crippen molar-refractivity contribution in [1.29, 1.82) is 0 Å². The van der Waals surface area contributed by atoms with Crippen LogP contribution in [-0.4, -0.2) is 17.3 Å². The molecule has 2 aromatic rings. The number of carbonyl (C=O) groups excluding carboxylic acids is 1. The van der Waals surface area contributed by atoms with Crippen molar-refractivity contribution in [2.24, 2.45) is 0 Å². The standard InChI is InChI=1S/C10H9ClN2OS/c1-6(14)13(2)10-9-7(11)4-3-5-8(9)15-12-10/h3-5H,1-2H3. The molecule has 2 rings (SSSR count). The monoisotopic (exact) mass is 240 g/mol. The molecule has 1 heterocycles. The molecular formula is C10H9ClN2OS. The lowest BCUT2D eigenvalue weighted by molar-refractivity contribution is -0.116. The van der Waals surface area contributed by atoms with Crippen LogP contribution in [0.25, 0.3) is 10.1 Å². The van der Waals surface area contributed by atoms with Gasteiger partial charge >= 0.3 is 0 Å². The highest BCUT2D eigenvalue weighted by molar-refractivity contribution is 7.13. The molecule has 0 N–H and O–H groups in total. The van der Waals surface area contributed by atoms with Crippen molar-refractivity contribution in [1.82, 2.24) is 4.37 Å². The molecule has 0 aliphatic carbocycles. The Labute approximate surface area is 96.4 Å². The van der Waals surface area contributed by atoms with Crippen LogP contribution < -0.4 is 4.90 Å². The van der Waals surface area contributed by atoms with E-state index in [0.717, 1.165) is 10.1 Å². The highest BCUT2D eigenvalue weighted by Gasteiger charge is 2.15. The SMILES string of the molecule is CC(=O)N(C)c1nsc2cccc(Cl)c12. The van der Waals surface area contributed by atoms with Gasteiger partial charge in [-0.05, 0) is 23.7 Å². The molecule has 0 spiro atoms. The maximum absolute atomic E-state index is 11.2. The van der Waals surface area contributed by atoms with E-state index in [-0.39, 0.29) is 5.91 Å². The van der Waals surface area contributed by atoms with Crippen LogP contribution in [0.1, 0.15) is 6.92 Å². The Morgan fingerprint density at radius 2 is 2.27 bits per heavy atom. The zero-order valence-electron chi connectivity index (χ0n) is 8.32. The first-order chi connectivity index (χ1) is 7.11. The van der Waals surface area contributed by atoms with Gasteiger partial charge < -0.3 is 0 Å². The summed E-state index contributed by atoms with van der Waals surface area (Å²) >= 11 is 7.43. The van der Waals surface area contributed by atoms with E-state index >= 15 is 0 Å². The third-order valence-electron chi connectivity index (χ3n) is 2.22. The number of hydrogen-bond donors (Lipinski definition) is 0. The Balaban J connectivity index is 2.67. The zero-order chi connectivity index (χ0) is 11.0. The number of aromatic nitrogens is 1. The summed E-state index contributed by atoms with van der Waals surface area (Å²) in [4.78, 5) is 12.7. The van der Waals surface area contributed by atoms with Crippen LogP contribution in [0.3, 0.4) is 0 Å². The highest BCUT2D eigenvalue weighted by atomic mass is 35.5. The van der Waals surface area contributed by atoms with Gasteiger partial charge in [-0.1, -0.05) is 17.7 Å². The topological polar surface area (TPSA) is 33.2 Å². The summed E-state index contributed by atoms with van der Waals surface area (Å²) < 4.78 is 5.23. The van der Waals surface area contributed by atoms with E-state index in [4.69, 9.17) is 11.6 Å². The van der Waals surface area contributed by atoms with Gasteiger partial charge in [-0.2, -0.15) is 4.37 Å². The molecular weight excluding hydrogens is 232 g/mol. The fraction of sp³-hybridized carbons (Fsp3) is 0.200. The molecule has 0 fully saturated rings. The van der Waals surface area contributed by atoms with Gasteiger partial charge in [-0.15, -0.1) is 0 Å². The molecule has 0 atom stereocenters. The van der Waals surface area contributed by atoms with Crippen LogP contribution in [-0.2, 0) is 4.79 Å². The average molecular weight is 241 g/mol. The minimum absolute atomic E-state index is 0.0536. The van der Waals surface area contributed by atoms with E-state index in [1.165, 1.54) is 23.4 Å². The Hall–Kier alpha value is -1.13. The lowest BCUT2D eigenvalue weighted by Gasteiger charge is -2.11. The van der Waals surface area contributed by atoms with Crippen LogP contribution >= 0.6 is 23.1 Å². The van der Waals surface area contributed by atoms with Crippen molar-refractivity contribution in [2.45, 2.75) is 6.92 Å². The summed E-state index contributed by atoms with van der Waals surface area (Å²) in [6.45, 7) is 1.50. The fourth-order valence-electron chi connectivity index (χ4n) is 1.31. The van der Waals surface area contributed by atoms with Gasteiger partial charge in [-0.3, -0.25) is 9.69 Å². The van der Waals surface area contributed by atoms with Crippen LogP contribution in [0.2, 0.25) is 5.02 Å². The van der Waals surface area contributed by atoms with Crippen molar-refractivity contribution in [3.63, 3.8) is 0 Å². The second-order valence-corrected chi connectivity index (χ2v) is 4.41. The molecule has 0 saturated carbocycles. The average Bonchev–Trinajstić information content (AvgIpc) is 2.61. The highest BCUT2D eigenvalue weighted by Crippen LogP contribution is 2.34. The molecule has 15 heavy (non-hydrogen) atoms. The molecule has 0 unspecified atom stereocenters. The largest absolute Gasteiger partial charge is 0.299 e. The molecule has 1 aromatic heterocycles. The Bertz CT molecular complexity index is 523. The van der Waals surface area contributed by atoms with Gasteiger partial charge in [0.05, 0.1) is 15.1 Å². The number of rotatable bonds is 1. The summed E-state index contributed by atoms with van der Waals surface area (Å²) in [6.07, 6.45) is 0. The predicted molar refractivity (Wildman–Crippen MR) is 63.7 cm³/mol. The minimum atomic E-state index is -0.0536. The second kappa shape index (κ2) is 3.79. The zero-order valence-corrected chi connectivity index (χ0v) is 9.89. The lowest BCUT2D eigenvalue weighted by atomic mass is 10.2. The van der Waals surface area contributed by atoms with Gasteiger partial charge in [-0.25, -0.2) is 0 Å². The first kappa shape index (κ1) is 10.4. The molecule has 0 saturated heterocycles. The number of carbonyl (C=O) groups is 1. The van der Waals surface area contributed by atoms with Crippen molar-refractivity contribution in [2.75, 3.05) is 11.9 Å². The summed E-state index contributed by atoms with van der Waals surface area (Å²) in [5, 5.41) is 1.48. The smallest absolute Gasteiger partial charge is 0.224 e. The second-order valence-electron chi connectivity index (χ2n) is 3.20. The van der Waals surface area contributed by atoms with Gasteiger partial charge in [0.25, 0.3) is 0 Å². The van der Waals surface area contributed by atoms with Gasteiger partial charge in [0, 0.05) is 14.0 Å². The Morgan fingerprint density at radius 1 is 1.53 bits per heavy atom. The first-order valence-electron chi connectivity index (χ1n) is 4.39. The van der Waals surface area contributed by atoms with Gasteiger partial charge in [0.15, 0.2) is 5.82 Å². The number of fused-ring (bicyclic) bond motifs is 1. The molecule has 0 bridgehead atoms. The maximum Gasteiger partial charge on any atom is 0.224 e. The normalized spacial score (nSPS) is 10.6. The van der Waals surface area contributed by atoms with E-state index in [0.29, 0.717) is 10.8 Å². The molecule has 0 aliphatic rings. The third-order valence-corrected chi connectivity index (χ3v) is 3.34. The molecule has 5 heteroatoms. The van der Waals surface area contributed by atoms with Crippen molar-refractivity contribution >= 4 is 44.9 Å². The molecule has 0 radical (unpaired) electrons. The molecule has 1 aromatic carbocycles. The molecule has 78 valence electrons. The van der Waals surface area contributed by atoms with Gasteiger partial charge in [0.2, 0.25) is 5.91 Å².